The molecular formula is C16H28N4O2. The Bertz CT molecular complexity index is 461. The Morgan fingerprint density at radius 2 is 2.23 bits per heavy atom. The van der Waals surface area contributed by atoms with Gasteiger partial charge in [0.15, 0.2) is 0 Å². The van der Waals surface area contributed by atoms with Gasteiger partial charge in [0.05, 0.1) is 12.3 Å². The van der Waals surface area contributed by atoms with E-state index in [1.165, 1.54) is 5.56 Å². The number of nitrogens with zero attached hydrogens (tertiary/aromatic N) is 3. The molecule has 0 aliphatic carbocycles. The maximum Gasteiger partial charge on any atom is 0.223 e. The number of H-pyrrole nitrogens is 1. The highest BCUT2D eigenvalue weighted by Crippen LogP contribution is 2.12. The number of aryl methyl sites for hydroxylation is 2. The topological polar surface area (TPSA) is 61.5 Å². The third-order valence-corrected chi connectivity index (χ3v) is 4.28. The van der Waals surface area contributed by atoms with Gasteiger partial charge in [-0.25, -0.2) is 0 Å². The smallest absolute Gasteiger partial charge is 0.223 e. The first-order valence-corrected chi connectivity index (χ1v) is 8.20. The Morgan fingerprint density at radius 3 is 2.86 bits per heavy atom. The number of hydrogen-bond acceptors (Lipinski definition) is 4. The normalized spacial score (nSPS) is 16.0. The summed E-state index contributed by atoms with van der Waals surface area (Å²) in [6.07, 6.45) is 4.73. The fraction of sp³-hybridized carbons (Fsp3) is 0.750. The summed E-state index contributed by atoms with van der Waals surface area (Å²) in [4.78, 5) is 19.5. The van der Waals surface area contributed by atoms with Gasteiger partial charge >= 0.3 is 0 Å². The molecule has 0 bridgehead atoms. The lowest BCUT2D eigenvalue weighted by molar-refractivity contribution is -0.182. The molecule has 1 fully saturated rings. The second kappa shape index (κ2) is 8.29. The first kappa shape index (κ1) is 17.0. The van der Waals surface area contributed by atoms with E-state index >= 15 is 0 Å². The van der Waals surface area contributed by atoms with E-state index in [2.05, 4.69) is 10.2 Å². The van der Waals surface area contributed by atoms with Gasteiger partial charge in [-0.3, -0.25) is 14.7 Å². The maximum atomic E-state index is 12.1. The molecule has 0 unspecified atom stereocenters. The monoisotopic (exact) mass is 308 g/mol. The molecule has 0 radical (unpaired) electrons. The van der Waals surface area contributed by atoms with Crippen molar-refractivity contribution >= 4 is 5.91 Å². The summed E-state index contributed by atoms with van der Waals surface area (Å²) in [6.45, 7) is 7.27. The molecular weight excluding hydrogens is 280 g/mol. The standard InChI is InChI=1S/C16H28N4O2/c1-13-15(14(2)18-17-13)7-6-9-19(3)16(21)8-11-20-10-4-5-12-22-20/h4-12H2,1-3H3,(H,17,18). The van der Waals surface area contributed by atoms with Crippen molar-refractivity contribution in [2.24, 2.45) is 0 Å². The van der Waals surface area contributed by atoms with Gasteiger partial charge in [-0.1, -0.05) is 0 Å². The molecule has 0 atom stereocenters. The molecule has 0 spiro atoms. The molecule has 124 valence electrons. The van der Waals surface area contributed by atoms with Crippen molar-refractivity contribution in [3.63, 3.8) is 0 Å². The highest BCUT2D eigenvalue weighted by atomic mass is 16.7. The van der Waals surface area contributed by atoms with Crippen molar-refractivity contribution in [2.45, 2.75) is 46.0 Å². The Hall–Kier alpha value is -1.40. The van der Waals surface area contributed by atoms with Crippen LogP contribution in [-0.4, -0.2) is 59.4 Å². The Labute approximate surface area is 132 Å². The second-order valence-electron chi connectivity index (χ2n) is 6.05. The zero-order valence-corrected chi connectivity index (χ0v) is 14.0. The van der Waals surface area contributed by atoms with Gasteiger partial charge in [-0.05, 0) is 45.1 Å². The van der Waals surface area contributed by atoms with E-state index < -0.39 is 0 Å². The zero-order valence-electron chi connectivity index (χ0n) is 14.0. The third kappa shape index (κ3) is 4.81. The van der Waals surface area contributed by atoms with Crippen LogP contribution in [0, 0.1) is 13.8 Å². The Morgan fingerprint density at radius 1 is 1.41 bits per heavy atom. The van der Waals surface area contributed by atoms with E-state index in [9.17, 15) is 4.79 Å². The number of aromatic amines is 1. The lowest BCUT2D eigenvalue weighted by atomic mass is 10.1. The first-order chi connectivity index (χ1) is 10.6. The number of nitrogens with one attached hydrogen (secondary N) is 1. The van der Waals surface area contributed by atoms with Gasteiger partial charge in [0, 0.05) is 38.8 Å². The molecule has 1 aromatic heterocycles. The van der Waals surface area contributed by atoms with Crippen LogP contribution in [0.1, 0.15) is 42.6 Å². The highest BCUT2D eigenvalue weighted by molar-refractivity contribution is 5.76. The lowest BCUT2D eigenvalue weighted by Crippen LogP contribution is -2.35. The minimum Gasteiger partial charge on any atom is -0.346 e. The summed E-state index contributed by atoms with van der Waals surface area (Å²) in [6, 6.07) is 0. The van der Waals surface area contributed by atoms with Crippen molar-refractivity contribution in [3.8, 4) is 0 Å². The van der Waals surface area contributed by atoms with Crippen molar-refractivity contribution in [1.82, 2.24) is 20.2 Å². The molecule has 1 aromatic rings. The molecule has 1 aliphatic heterocycles. The molecule has 2 heterocycles. The molecule has 1 saturated heterocycles. The van der Waals surface area contributed by atoms with Crippen molar-refractivity contribution < 1.29 is 9.63 Å². The number of carbonyl (C=O) groups excluding carboxylic acids is 1. The van der Waals surface area contributed by atoms with Crippen LogP contribution in [0.5, 0.6) is 0 Å². The van der Waals surface area contributed by atoms with Gasteiger partial charge in [-0.15, -0.1) is 0 Å². The maximum absolute atomic E-state index is 12.1. The Balaban J connectivity index is 1.65. The van der Waals surface area contributed by atoms with Crippen molar-refractivity contribution in [3.05, 3.63) is 17.0 Å². The third-order valence-electron chi connectivity index (χ3n) is 4.28. The summed E-state index contributed by atoms with van der Waals surface area (Å²) in [5.41, 5.74) is 3.48. The van der Waals surface area contributed by atoms with E-state index in [0.717, 1.165) is 56.8 Å². The molecule has 6 nitrogen and oxygen atoms in total. The fourth-order valence-electron chi connectivity index (χ4n) is 2.80. The number of hydroxylamine groups is 2. The quantitative estimate of drug-likeness (QED) is 0.835. The van der Waals surface area contributed by atoms with E-state index in [1.807, 2.05) is 30.9 Å². The van der Waals surface area contributed by atoms with Crippen molar-refractivity contribution in [1.29, 1.82) is 0 Å². The van der Waals surface area contributed by atoms with Crippen LogP contribution < -0.4 is 0 Å². The predicted molar refractivity (Wildman–Crippen MR) is 85.4 cm³/mol. The van der Waals surface area contributed by atoms with Crippen LogP contribution in [0.2, 0.25) is 0 Å². The fourth-order valence-corrected chi connectivity index (χ4v) is 2.80. The zero-order chi connectivity index (χ0) is 15.9. The molecule has 0 aromatic carbocycles. The van der Waals surface area contributed by atoms with Crippen LogP contribution in [-0.2, 0) is 16.1 Å². The van der Waals surface area contributed by atoms with Gasteiger partial charge in [0.25, 0.3) is 0 Å². The molecule has 1 aliphatic rings. The molecule has 22 heavy (non-hydrogen) atoms. The largest absolute Gasteiger partial charge is 0.346 e. The molecule has 2 rings (SSSR count). The first-order valence-electron chi connectivity index (χ1n) is 8.20. The highest BCUT2D eigenvalue weighted by Gasteiger charge is 2.15. The lowest BCUT2D eigenvalue weighted by Gasteiger charge is -2.26. The number of amides is 1. The van der Waals surface area contributed by atoms with E-state index in [4.69, 9.17) is 4.84 Å². The summed E-state index contributed by atoms with van der Waals surface area (Å²) < 4.78 is 0. The summed E-state index contributed by atoms with van der Waals surface area (Å²) in [5, 5.41) is 9.13. The summed E-state index contributed by atoms with van der Waals surface area (Å²) >= 11 is 0. The van der Waals surface area contributed by atoms with Gasteiger partial charge in [0.2, 0.25) is 5.91 Å². The van der Waals surface area contributed by atoms with E-state index in [1.54, 1.807) is 0 Å². The van der Waals surface area contributed by atoms with Gasteiger partial charge in [-0.2, -0.15) is 10.2 Å². The average Bonchev–Trinajstić information content (AvgIpc) is 2.85. The molecule has 6 heteroatoms. The minimum absolute atomic E-state index is 0.190. The van der Waals surface area contributed by atoms with Crippen LogP contribution >= 0.6 is 0 Å². The van der Waals surface area contributed by atoms with Gasteiger partial charge < -0.3 is 4.90 Å². The van der Waals surface area contributed by atoms with Crippen LogP contribution in [0.3, 0.4) is 0 Å². The van der Waals surface area contributed by atoms with E-state index in [-0.39, 0.29) is 5.91 Å². The van der Waals surface area contributed by atoms with Crippen LogP contribution in [0.15, 0.2) is 0 Å². The van der Waals surface area contributed by atoms with Crippen molar-refractivity contribution in [2.75, 3.05) is 33.3 Å². The average molecular weight is 308 g/mol. The molecule has 1 N–H and O–H groups in total. The number of aromatic nitrogens is 2. The SMILES string of the molecule is Cc1n[nH]c(C)c1CCCN(C)C(=O)CCN1CCCCO1. The minimum atomic E-state index is 0.190. The molecule has 1 amide bonds. The molecule has 0 saturated carbocycles. The summed E-state index contributed by atoms with van der Waals surface area (Å²) in [7, 11) is 1.88. The van der Waals surface area contributed by atoms with Gasteiger partial charge in [0.1, 0.15) is 0 Å². The predicted octanol–water partition coefficient (Wildman–Crippen LogP) is 1.84. The second-order valence-corrected chi connectivity index (χ2v) is 6.05. The van der Waals surface area contributed by atoms with E-state index in [0.29, 0.717) is 13.0 Å². The number of hydrogen-bond donors (Lipinski definition) is 1. The number of rotatable bonds is 7. The number of carbonyl (C=O) groups is 1. The Kier molecular flexibility index (Phi) is 6.39. The van der Waals surface area contributed by atoms with Crippen LogP contribution in [0.25, 0.3) is 0 Å². The summed E-state index contributed by atoms with van der Waals surface area (Å²) in [5.74, 6) is 0.190. The van der Waals surface area contributed by atoms with Crippen LogP contribution in [0.4, 0.5) is 0 Å².